The van der Waals surface area contributed by atoms with Gasteiger partial charge in [0, 0.05) is 11.6 Å². The number of amides is 1. The van der Waals surface area contributed by atoms with Gasteiger partial charge >= 0.3 is 6.18 Å². The molecule has 0 radical (unpaired) electrons. The minimum atomic E-state index is -4.61. The first-order valence-electron chi connectivity index (χ1n) is 6.47. The fourth-order valence-electron chi connectivity index (χ4n) is 2.05. The number of carbonyl (C=O) groups excluding carboxylic acids is 1. The maximum atomic E-state index is 12.9. The van der Waals surface area contributed by atoms with Crippen molar-refractivity contribution < 1.29 is 22.9 Å². The van der Waals surface area contributed by atoms with Crippen LogP contribution in [0.2, 0.25) is 0 Å². The lowest BCUT2D eigenvalue weighted by Crippen LogP contribution is -2.18. The molecule has 0 aliphatic heterocycles. The summed E-state index contributed by atoms with van der Waals surface area (Å²) in [6.07, 6.45) is -5.01. The van der Waals surface area contributed by atoms with E-state index in [1.54, 1.807) is 0 Å². The third-order valence-electron chi connectivity index (χ3n) is 3.05. The largest absolute Gasteiger partial charge is 0.418 e. The standard InChI is InChI=1S/C15H11F3N2O3/c16-15(17,18)11-6-2-3-7-12(11)19-14(21)9-10-5-1-4-8-13(10)20(22)23/h1-8H,9H2,(H,19,21). The SMILES string of the molecule is O=C(Cc1ccccc1[N+](=O)[O-])Nc1ccccc1C(F)(F)F. The summed E-state index contributed by atoms with van der Waals surface area (Å²) in [5, 5.41) is 13.0. The van der Waals surface area contributed by atoms with Crippen LogP contribution < -0.4 is 5.32 Å². The smallest absolute Gasteiger partial charge is 0.325 e. The van der Waals surface area contributed by atoms with Gasteiger partial charge in [-0.1, -0.05) is 30.3 Å². The van der Waals surface area contributed by atoms with Gasteiger partial charge in [0.05, 0.1) is 22.6 Å². The molecule has 2 rings (SSSR count). The Labute approximate surface area is 128 Å². The predicted molar refractivity (Wildman–Crippen MR) is 76.9 cm³/mol. The highest BCUT2D eigenvalue weighted by molar-refractivity contribution is 5.93. The quantitative estimate of drug-likeness (QED) is 0.687. The number of alkyl halides is 3. The third-order valence-corrected chi connectivity index (χ3v) is 3.05. The Morgan fingerprint density at radius 3 is 2.35 bits per heavy atom. The molecular formula is C15H11F3N2O3. The Kier molecular flexibility index (Phi) is 4.63. The lowest BCUT2D eigenvalue weighted by molar-refractivity contribution is -0.385. The average Bonchev–Trinajstić information content (AvgIpc) is 2.47. The van der Waals surface area contributed by atoms with Gasteiger partial charge in [0.2, 0.25) is 5.91 Å². The molecule has 0 heterocycles. The van der Waals surface area contributed by atoms with Gasteiger partial charge in [-0.2, -0.15) is 13.2 Å². The van der Waals surface area contributed by atoms with E-state index in [0.29, 0.717) is 0 Å². The van der Waals surface area contributed by atoms with Crippen molar-refractivity contribution in [1.29, 1.82) is 0 Å². The third kappa shape index (κ3) is 4.06. The van der Waals surface area contributed by atoms with Crippen molar-refractivity contribution in [3.05, 3.63) is 69.8 Å². The Morgan fingerprint density at radius 2 is 1.70 bits per heavy atom. The highest BCUT2D eigenvalue weighted by Gasteiger charge is 2.33. The van der Waals surface area contributed by atoms with Crippen LogP contribution in [0, 0.1) is 10.1 Å². The number of halogens is 3. The van der Waals surface area contributed by atoms with E-state index in [0.717, 1.165) is 12.1 Å². The zero-order chi connectivity index (χ0) is 17.0. The van der Waals surface area contributed by atoms with E-state index >= 15 is 0 Å². The maximum Gasteiger partial charge on any atom is 0.418 e. The molecule has 0 atom stereocenters. The predicted octanol–water partition coefficient (Wildman–Crippen LogP) is 3.79. The minimum absolute atomic E-state index is 0.125. The zero-order valence-corrected chi connectivity index (χ0v) is 11.6. The first-order chi connectivity index (χ1) is 10.8. The number of benzene rings is 2. The number of nitrogens with one attached hydrogen (secondary N) is 1. The average molecular weight is 324 g/mol. The van der Waals surface area contributed by atoms with Gasteiger partial charge in [-0.25, -0.2) is 0 Å². The van der Waals surface area contributed by atoms with E-state index < -0.39 is 29.0 Å². The van der Waals surface area contributed by atoms with Crippen molar-refractivity contribution >= 4 is 17.3 Å². The molecule has 0 saturated carbocycles. The summed E-state index contributed by atoms with van der Waals surface area (Å²) in [7, 11) is 0. The number of para-hydroxylation sites is 2. The van der Waals surface area contributed by atoms with Gasteiger partial charge in [0.15, 0.2) is 0 Å². The van der Waals surface area contributed by atoms with Crippen molar-refractivity contribution in [2.45, 2.75) is 12.6 Å². The topological polar surface area (TPSA) is 72.2 Å². The molecule has 1 N–H and O–H groups in total. The van der Waals surface area contributed by atoms with Crippen LogP contribution in [-0.4, -0.2) is 10.8 Å². The van der Waals surface area contributed by atoms with Crippen LogP contribution in [0.3, 0.4) is 0 Å². The highest BCUT2D eigenvalue weighted by atomic mass is 19.4. The molecule has 2 aromatic carbocycles. The van der Waals surface area contributed by atoms with Crippen molar-refractivity contribution in [3.8, 4) is 0 Å². The fraction of sp³-hybridized carbons (Fsp3) is 0.133. The second kappa shape index (κ2) is 6.47. The molecule has 2 aromatic rings. The molecule has 0 aromatic heterocycles. The van der Waals surface area contributed by atoms with Gasteiger partial charge < -0.3 is 5.32 Å². The van der Waals surface area contributed by atoms with Gasteiger partial charge in [0.1, 0.15) is 0 Å². The Morgan fingerprint density at radius 1 is 1.09 bits per heavy atom. The number of nitrogens with zero attached hydrogens (tertiary/aromatic N) is 1. The first-order valence-corrected chi connectivity index (χ1v) is 6.47. The van der Waals surface area contributed by atoms with Crippen LogP contribution in [0.15, 0.2) is 48.5 Å². The van der Waals surface area contributed by atoms with Gasteiger partial charge in [-0.3, -0.25) is 14.9 Å². The van der Waals surface area contributed by atoms with E-state index in [1.165, 1.54) is 36.4 Å². The minimum Gasteiger partial charge on any atom is -0.325 e. The molecule has 0 saturated heterocycles. The number of nitro groups is 1. The monoisotopic (exact) mass is 324 g/mol. The molecule has 0 aliphatic rings. The summed E-state index contributed by atoms with van der Waals surface area (Å²) in [6.45, 7) is 0. The summed E-state index contributed by atoms with van der Waals surface area (Å²) in [5.41, 5.74) is -1.49. The number of rotatable bonds is 4. The molecule has 0 fully saturated rings. The van der Waals surface area contributed by atoms with E-state index in [1.807, 2.05) is 0 Å². The Bertz CT molecular complexity index is 745. The second-order valence-electron chi connectivity index (χ2n) is 4.65. The summed E-state index contributed by atoms with van der Waals surface area (Å²) < 4.78 is 38.6. The fourth-order valence-corrected chi connectivity index (χ4v) is 2.05. The highest BCUT2D eigenvalue weighted by Crippen LogP contribution is 2.34. The number of anilines is 1. The molecule has 0 spiro atoms. The molecule has 8 heteroatoms. The van der Waals surface area contributed by atoms with Crippen molar-refractivity contribution in [3.63, 3.8) is 0 Å². The van der Waals surface area contributed by atoms with Crippen molar-refractivity contribution in [2.24, 2.45) is 0 Å². The molecule has 120 valence electrons. The summed E-state index contributed by atoms with van der Waals surface area (Å²) in [4.78, 5) is 22.2. The molecule has 0 aliphatic carbocycles. The molecule has 23 heavy (non-hydrogen) atoms. The summed E-state index contributed by atoms with van der Waals surface area (Å²) in [6, 6.07) is 10.1. The number of hydrogen-bond donors (Lipinski definition) is 1. The van der Waals surface area contributed by atoms with Gasteiger partial charge in [-0.05, 0) is 12.1 Å². The maximum absolute atomic E-state index is 12.9. The van der Waals surface area contributed by atoms with E-state index in [2.05, 4.69) is 5.32 Å². The molecule has 0 unspecified atom stereocenters. The van der Waals surface area contributed by atoms with Crippen LogP contribution in [0.4, 0.5) is 24.5 Å². The van der Waals surface area contributed by atoms with Gasteiger partial charge in [0.25, 0.3) is 5.69 Å². The normalized spacial score (nSPS) is 11.1. The lowest BCUT2D eigenvalue weighted by Gasteiger charge is -2.13. The summed E-state index contributed by atoms with van der Waals surface area (Å²) >= 11 is 0. The Balaban J connectivity index is 2.20. The number of carbonyl (C=O) groups is 1. The molecule has 1 amide bonds. The van der Waals surface area contributed by atoms with Crippen LogP contribution >= 0.6 is 0 Å². The summed E-state index contributed by atoms with van der Waals surface area (Å²) in [5.74, 6) is -0.768. The van der Waals surface area contributed by atoms with E-state index in [4.69, 9.17) is 0 Å². The Hall–Kier alpha value is -2.90. The lowest BCUT2D eigenvalue weighted by atomic mass is 10.1. The number of nitro benzene ring substituents is 1. The van der Waals surface area contributed by atoms with Crippen molar-refractivity contribution in [1.82, 2.24) is 0 Å². The van der Waals surface area contributed by atoms with Crippen LogP contribution in [-0.2, 0) is 17.4 Å². The van der Waals surface area contributed by atoms with Crippen molar-refractivity contribution in [2.75, 3.05) is 5.32 Å². The molecule has 5 nitrogen and oxygen atoms in total. The van der Waals surface area contributed by atoms with Crippen LogP contribution in [0.1, 0.15) is 11.1 Å². The van der Waals surface area contributed by atoms with Crippen LogP contribution in [0.5, 0.6) is 0 Å². The number of hydrogen-bond acceptors (Lipinski definition) is 3. The second-order valence-corrected chi connectivity index (χ2v) is 4.65. The van der Waals surface area contributed by atoms with E-state index in [9.17, 15) is 28.1 Å². The van der Waals surface area contributed by atoms with E-state index in [-0.39, 0.29) is 16.9 Å². The zero-order valence-electron chi connectivity index (χ0n) is 11.6. The molecule has 0 bridgehead atoms. The molecular weight excluding hydrogens is 313 g/mol. The first kappa shape index (κ1) is 16.5. The van der Waals surface area contributed by atoms with Crippen LogP contribution in [0.25, 0.3) is 0 Å². The van der Waals surface area contributed by atoms with Gasteiger partial charge in [-0.15, -0.1) is 0 Å².